The fourth-order valence-corrected chi connectivity index (χ4v) is 5.36. The van der Waals surface area contributed by atoms with Gasteiger partial charge in [-0.05, 0) is 69.5 Å². The van der Waals surface area contributed by atoms with Crippen LogP contribution in [0.4, 0.5) is 5.69 Å². The summed E-state index contributed by atoms with van der Waals surface area (Å²) >= 11 is 7.20. The number of fused-ring (bicyclic) bond motifs is 1. The number of benzene rings is 4. The van der Waals surface area contributed by atoms with Crippen LogP contribution in [0.1, 0.15) is 18.1 Å². The first-order chi connectivity index (χ1) is 16.5. The van der Waals surface area contributed by atoms with Crippen molar-refractivity contribution in [3.63, 3.8) is 0 Å². The van der Waals surface area contributed by atoms with Crippen LogP contribution in [0.25, 0.3) is 16.8 Å². The summed E-state index contributed by atoms with van der Waals surface area (Å²) in [7, 11) is 0. The molecule has 0 radical (unpaired) electrons. The lowest BCUT2D eigenvalue weighted by Crippen LogP contribution is -2.21. The zero-order chi connectivity index (χ0) is 23.7. The normalized spacial score (nSPS) is 14.7. The van der Waals surface area contributed by atoms with Crippen molar-refractivity contribution in [3.8, 4) is 5.75 Å². The molecule has 1 aliphatic heterocycles. The molecule has 0 aromatic heterocycles. The van der Waals surface area contributed by atoms with E-state index in [9.17, 15) is 4.79 Å². The Balaban J connectivity index is 1.49. The molecule has 0 saturated carbocycles. The van der Waals surface area contributed by atoms with Gasteiger partial charge in [0.2, 0.25) is 0 Å². The minimum atomic E-state index is -0.167. The first-order valence-electron chi connectivity index (χ1n) is 10.8. The maximum Gasteiger partial charge on any atom is 0.280 e. The Labute approximate surface area is 214 Å². The number of anilines is 1. The molecule has 4 aromatic rings. The van der Waals surface area contributed by atoms with Gasteiger partial charge in [0.1, 0.15) is 12.4 Å². The fourth-order valence-electron chi connectivity index (χ4n) is 3.99. The van der Waals surface area contributed by atoms with Gasteiger partial charge in [0.15, 0.2) is 0 Å². The summed E-state index contributed by atoms with van der Waals surface area (Å²) in [6, 6.07) is 27.8. The van der Waals surface area contributed by atoms with Gasteiger partial charge in [0.05, 0.1) is 21.4 Å². The number of hydrogen-bond acceptors (Lipinski definition) is 3. The molecule has 168 valence electrons. The molecule has 0 saturated heterocycles. The van der Waals surface area contributed by atoms with Crippen molar-refractivity contribution in [2.45, 2.75) is 13.5 Å². The maximum atomic E-state index is 13.2. The van der Waals surface area contributed by atoms with Crippen LogP contribution >= 0.6 is 31.9 Å². The minimum absolute atomic E-state index is 0.167. The zero-order valence-electron chi connectivity index (χ0n) is 18.3. The van der Waals surface area contributed by atoms with E-state index in [-0.39, 0.29) is 5.91 Å². The smallest absolute Gasteiger partial charge is 0.280 e. The van der Waals surface area contributed by atoms with E-state index in [0.717, 1.165) is 31.1 Å². The number of para-hydroxylation sites is 1. The Morgan fingerprint density at radius 1 is 0.941 bits per heavy atom. The Bertz CT molecular complexity index is 1460. The summed E-state index contributed by atoms with van der Waals surface area (Å²) in [5.41, 5.74) is 3.80. The third-order valence-electron chi connectivity index (χ3n) is 5.65. The highest BCUT2D eigenvalue weighted by atomic mass is 79.9. The summed E-state index contributed by atoms with van der Waals surface area (Å²) in [5.74, 6) is 0.502. The number of carbonyl (C=O) groups excluding carboxylic acids is 1. The summed E-state index contributed by atoms with van der Waals surface area (Å²) < 4.78 is 8.01. The maximum absolute atomic E-state index is 13.2. The molecule has 0 bridgehead atoms. The predicted octanol–water partition coefficient (Wildman–Crippen LogP) is 7.75. The largest absolute Gasteiger partial charge is 0.487 e. The third kappa shape index (κ3) is 4.43. The van der Waals surface area contributed by atoms with Gasteiger partial charge in [-0.2, -0.15) is 10.1 Å². The van der Waals surface area contributed by atoms with E-state index in [1.807, 2.05) is 73.7 Å². The number of nitrogens with zero attached hydrogens (tertiary/aromatic N) is 2. The number of carbonyl (C=O) groups is 1. The predicted molar refractivity (Wildman–Crippen MR) is 145 cm³/mol. The van der Waals surface area contributed by atoms with E-state index < -0.39 is 0 Å². The van der Waals surface area contributed by atoms with Crippen molar-refractivity contribution in [1.29, 1.82) is 0 Å². The Morgan fingerprint density at radius 3 is 2.50 bits per heavy atom. The molecule has 0 N–H and O–H groups in total. The first-order valence-corrected chi connectivity index (χ1v) is 12.3. The molecular formula is C28H20Br2N2O2. The molecule has 5 rings (SSSR count). The zero-order valence-corrected chi connectivity index (χ0v) is 21.5. The number of hydrazone groups is 1. The molecule has 4 nitrogen and oxygen atoms in total. The van der Waals surface area contributed by atoms with Crippen molar-refractivity contribution in [2.24, 2.45) is 5.10 Å². The van der Waals surface area contributed by atoms with E-state index in [1.165, 1.54) is 10.4 Å². The molecule has 0 spiro atoms. The molecular weight excluding hydrogens is 556 g/mol. The summed E-state index contributed by atoms with van der Waals surface area (Å²) in [4.78, 5) is 13.2. The van der Waals surface area contributed by atoms with Gasteiger partial charge in [-0.1, -0.05) is 76.6 Å². The Morgan fingerprint density at radius 2 is 1.68 bits per heavy atom. The SMILES string of the molecule is CC1=NN(c2ccccc2)C(=O)/C1=C/c1cc(Br)cc(Br)c1OCc1cccc2ccccc12. The lowest BCUT2D eigenvalue weighted by molar-refractivity contribution is -0.114. The van der Waals surface area contributed by atoms with Crippen LogP contribution in [0.3, 0.4) is 0 Å². The molecule has 6 heteroatoms. The second-order valence-electron chi connectivity index (χ2n) is 7.93. The standard InChI is InChI=1S/C28H20Br2N2O2/c1-18-25(28(33)32(31-18)23-11-3-2-4-12-23)15-21-14-22(29)16-26(30)27(21)34-17-20-10-7-9-19-8-5-6-13-24(19)20/h2-16H,17H2,1H3/b25-15+. The van der Waals surface area contributed by atoms with Gasteiger partial charge < -0.3 is 4.74 Å². The van der Waals surface area contributed by atoms with Crippen LogP contribution in [0, 0.1) is 0 Å². The second-order valence-corrected chi connectivity index (χ2v) is 9.70. The average Bonchev–Trinajstić information content (AvgIpc) is 3.12. The summed E-state index contributed by atoms with van der Waals surface area (Å²) in [6.07, 6.45) is 1.85. The highest BCUT2D eigenvalue weighted by molar-refractivity contribution is 9.11. The van der Waals surface area contributed by atoms with Crippen LogP contribution in [0.15, 0.2) is 105 Å². The van der Waals surface area contributed by atoms with E-state index in [4.69, 9.17) is 4.74 Å². The second kappa shape index (κ2) is 9.57. The van der Waals surface area contributed by atoms with Gasteiger partial charge >= 0.3 is 0 Å². The highest BCUT2D eigenvalue weighted by Crippen LogP contribution is 2.36. The van der Waals surface area contributed by atoms with Crippen LogP contribution in [0.2, 0.25) is 0 Å². The van der Waals surface area contributed by atoms with Gasteiger partial charge in [-0.25, -0.2) is 0 Å². The molecule has 0 atom stereocenters. The van der Waals surface area contributed by atoms with Gasteiger partial charge in [0, 0.05) is 10.0 Å². The highest BCUT2D eigenvalue weighted by Gasteiger charge is 2.29. The average molecular weight is 576 g/mol. The number of rotatable bonds is 5. The lowest BCUT2D eigenvalue weighted by atomic mass is 10.0. The molecule has 0 aliphatic carbocycles. The van der Waals surface area contributed by atoms with Crippen molar-refractivity contribution < 1.29 is 9.53 Å². The quantitative estimate of drug-likeness (QED) is 0.228. The first kappa shape index (κ1) is 22.6. The van der Waals surface area contributed by atoms with Crippen molar-refractivity contribution in [1.82, 2.24) is 0 Å². The molecule has 1 amide bonds. The number of hydrogen-bond donors (Lipinski definition) is 0. The van der Waals surface area contributed by atoms with Crippen molar-refractivity contribution >= 4 is 66.0 Å². The van der Waals surface area contributed by atoms with E-state index >= 15 is 0 Å². The molecule has 0 unspecified atom stereocenters. The van der Waals surface area contributed by atoms with Gasteiger partial charge in [-0.15, -0.1) is 0 Å². The van der Waals surface area contributed by atoms with Gasteiger partial charge in [0.25, 0.3) is 5.91 Å². The molecule has 4 aromatic carbocycles. The van der Waals surface area contributed by atoms with Gasteiger partial charge in [-0.3, -0.25) is 4.79 Å². The van der Waals surface area contributed by atoms with Crippen molar-refractivity contribution in [3.05, 3.63) is 111 Å². The lowest BCUT2D eigenvalue weighted by Gasteiger charge is -2.14. The number of ether oxygens (including phenoxy) is 1. The Hall–Kier alpha value is -3.22. The van der Waals surface area contributed by atoms with Crippen LogP contribution in [-0.2, 0) is 11.4 Å². The number of halogens is 2. The van der Waals surface area contributed by atoms with E-state index in [1.54, 1.807) is 0 Å². The topological polar surface area (TPSA) is 41.9 Å². The van der Waals surface area contributed by atoms with Crippen molar-refractivity contribution in [2.75, 3.05) is 5.01 Å². The minimum Gasteiger partial charge on any atom is -0.487 e. The van der Waals surface area contributed by atoms with Crippen LogP contribution < -0.4 is 9.75 Å². The fraction of sp³-hybridized carbons (Fsp3) is 0.0714. The molecule has 0 fully saturated rings. The molecule has 34 heavy (non-hydrogen) atoms. The van der Waals surface area contributed by atoms with E-state index in [2.05, 4.69) is 61.2 Å². The molecule has 1 aliphatic rings. The monoisotopic (exact) mass is 574 g/mol. The Kier molecular flexibility index (Phi) is 6.35. The molecule has 1 heterocycles. The number of amides is 1. The van der Waals surface area contributed by atoms with E-state index in [0.29, 0.717) is 23.6 Å². The van der Waals surface area contributed by atoms with Crippen LogP contribution in [0.5, 0.6) is 5.75 Å². The summed E-state index contributed by atoms with van der Waals surface area (Å²) in [5, 5.41) is 8.25. The third-order valence-corrected chi connectivity index (χ3v) is 6.70. The summed E-state index contributed by atoms with van der Waals surface area (Å²) in [6.45, 7) is 2.24. The van der Waals surface area contributed by atoms with Crippen LogP contribution in [-0.4, -0.2) is 11.6 Å².